The van der Waals surface area contributed by atoms with E-state index in [4.69, 9.17) is 11.6 Å². The van der Waals surface area contributed by atoms with Crippen LogP contribution in [0.15, 0.2) is 24.3 Å². The minimum absolute atomic E-state index is 0.0480. The Bertz CT molecular complexity index is 511. The van der Waals surface area contributed by atoms with Crippen LogP contribution in [0.3, 0.4) is 0 Å². The number of hydrogen-bond acceptors (Lipinski definition) is 4. The predicted octanol–water partition coefficient (Wildman–Crippen LogP) is 2.03. The predicted molar refractivity (Wildman–Crippen MR) is 53.5 cm³/mol. The number of halogens is 1. The average Bonchev–Trinajstić information content (AvgIpc) is 2.65. The first kappa shape index (κ1) is 9.60. The van der Waals surface area contributed by atoms with Gasteiger partial charge in [-0.2, -0.15) is 10.1 Å². The third kappa shape index (κ3) is 1.79. The molecule has 2 rings (SSSR count). The number of nitro benzene ring substituents is 1. The second-order valence-corrected chi connectivity index (χ2v) is 3.08. The molecular weight excluding hydrogens is 220 g/mol. The zero-order valence-electron chi connectivity index (χ0n) is 7.35. The van der Waals surface area contributed by atoms with Crippen molar-refractivity contribution < 1.29 is 4.92 Å². The maximum absolute atomic E-state index is 10.7. The third-order valence-corrected chi connectivity index (χ3v) is 1.97. The standard InChI is InChI=1S/C8H5ClN4O2/c9-8-10-7(11-12-8)5-3-1-2-4-6(5)13(14)15/h1-4H,(H,10,11,12). The van der Waals surface area contributed by atoms with Crippen LogP contribution >= 0.6 is 11.6 Å². The first-order valence-electron chi connectivity index (χ1n) is 4.00. The number of nitrogens with one attached hydrogen (secondary N) is 1. The van der Waals surface area contributed by atoms with E-state index < -0.39 is 4.92 Å². The SMILES string of the molecule is O=[N+]([O-])c1ccccc1-c1n[nH]c(Cl)n1. The second-order valence-electron chi connectivity index (χ2n) is 2.72. The lowest BCUT2D eigenvalue weighted by molar-refractivity contribution is -0.384. The molecule has 0 unspecified atom stereocenters. The summed E-state index contributed by atoms with van der Waals surface area (Å²) in [6, 6.07) is 6.21. The van der Waals surface area contributed by atoms with Crippen molar-refractivity contribution in [1.29, 1.82) is 0 Å². The lowest BCUT2D eigenvalue weighted by Crippen LogP contribution is -1.92. The van der Waals surface area contributed by atoms with E-state index in [1.165, 1.54) is 6.07 Å². The molecule has 0 bridgehead atoms. The van der Waals surface area contributed by atoms with E-state index in [-0.39, 0.29) is 16.8 Å². The van der Waals surface area contributed by atoms with Crippen molar-refractivity contribution in [2.45, 2.75) is 0 Å². The molecule has 1 aromatic heterocycles. The number of para-hydroxylation sites is 1. The number of aromatic nitrogens is 3. The summed E-state index contributed by atoms with van der Waals surface area (Å²) < 4.78 is 0. The molecule has 0 radical (unpaired) electrons. The van der Waals surface area contributed by atoms with E-state index in [0.29, 0.717) is 5.56 Å². The molecule has 76 valence electrons. The molecule has 0 aliphatic carbocycles. The first-order valence-corrected chi connectivity index (χ1v) is 4.38. The molecule has 0 fully saturated rings. The molecule has 0 atom stereocenters. The molecule has 0 saturated carbocycles. The fraction of sp³-hybridized carbons (Fsp3) is 0. The van der Waals surface area contributed by atoms with Crippen molar-refractivity contribution in [3.8, 4) is 11.4 Å². The Labute approximate surface area is 89.1 Å². The molecule has 1 N–H and O–H groups in total. The van der Waals surface area contributed by atoms with Crippen molar-refractivity contribution in [2.24, 2.45) is 0 Å². The summed E-state index contributed by atoms with van der Waals surface area (Å²) in [5.41, 5.74) is 0.291. The highest BCUT2D eigenvalue weighted by Crippen LogP contribution is 2.26. The van der Waals surface area contributed by atoms with Gasteiger partial charge < -0.3 is 0 Å². The Kier molecular flexibility index (Phi) is 2.34. The molecule has 0 aliphatic heterocycles. The van der Waals surface area contributed by atoms with Crippen molar-refractivity contribution >= 4 is 17.3 Å². The van der Waals surface area contributed by atoms with Crippen molar-refractivity contribution in [1.82, 2.24) is 15.2 Å². The summed E-state index contributed by atoms with van der Waals surface area (Å²) in [6.45, 7) is 0. The molecule has 0 amide bonds. The van der Waals surface area contributed by atoms with E-state index in [1.807, 2.05) is 0 Å². The lowest BCUT2D eigenvalue weighted by atomic mass is 10.2. The van der Waals surface area contributed by atoms with Crippen molar-refractivity contribution in [3.05, 3.63) is 39.7 Å². The molecule has 0 aliphatic rings. The topological polar surface area (TPSA) is 84.7 Å². The summed E-state index contributed by atoms with van der Waals surface area (Å²) in [5.74, 6) is 0.215. The molecule has 7 heteroatoms. The van der Waals surface area contributed by atoms with Crippen molar-refractivity contribution in [3.63, 3.8) is 0 Å². The summed E-state index contributed by atoms with van der Waals surface area (Å²) in [4.78, 5) is 14.0. The third-order valence-electron chi connectivity index (χ3n) is 1.80. The minimum atomic E-state index is -0.487. The highest BCUT2D eigenvalue weighted by atomic mass is 35.5. The van der Waals surface area contributed by atoms with Gasteiger partial charge in [0.2, 0.25) is 5.28 Å². The monoisotopic (exact) mass is 224 g/mol. The summed E-state index contributed by atoms with van der Waals surface area (Å²) in [6.07, 6.45) is 0. The van der Waals surface area contributed by atoms with Gasteiger partial charge in [-0.05, 0) is 17.7 Å². The molecule has 2 aromatic rings. The maximum Gasteiger partial charge on any atom is 0.280 e. The fourth-order valence-corrected chi connectivity index (χ4v) is 1.31. The van der Waals surface area contributed by atoms with Crippen molar-refractivity contribution in [2.75, 3.05) is 0 Å². The minimum Gasteiger partial charge on any atom is -0.258 e. The Balaban J connectivity index is 2.57. The van der Waals surface area contributed by atoms with E-state index in [9.17, 15) is 10.1 Å². The van der Waals surface area contributed by atoms with E-state index in [1.54, 1.807) is 18.2 Å². The van der Waals surface area contributed by atoms with Gasteiger partial charge in [-0.15, -0.1) is 0 Å². The Hall–Kier alpha value is -1.95. The fourth-order valence-electron chi connectivity index (χ4n) is 1.18. The number of hydrogen-bond donors (Lipinski definition) is 1. The van der Waals surface area contributed by atoms with Gasteiger partial charge in [0.1, 0.15) is 0 Å². The van der Waals surface area contributed by atoms with Gasteiger partial charge in [0.05, 0.1) is 10.5 Å². The quantitative estimate of drug-likeness (QED) is 0.625. The molecular formula is C8H5ClN4O2. The van der Waals surface area contributed by atoms with E-state index in [0.717, 1.165) is 0 Å². The van der Waals surface area contributed by atoms with Gasteiger partial charge in [-0.25, -0.2) is 5.10 Å². The highest BCUT2D eigenvalue weighted by Gasteiger charge is 2.17. The Morgan fingerprint density at radius 3 is 2.73 bits per heavy atom. The summed E-state index contributed by atoms with van der Waals surface area (Å²) >= 11 is 5.54. The lowest BCUT2D eigenvalue weighted by Gasteiger charge is -1.96. The van der Waals surface area contributed by atoms with Crippen LogP contribution in [0.1, 0.15) is 0 Å². The second kappa shape index (κ2) is 3.66. The zero-order valence-corrected chi connectivity index (χ0v) is 8.10. The first-order chi connectivity index (χ1) is 7.18. The zero-order chi connectivity index (χ0) is 10.8. The molecule has 6 nitrogen and oxygen atoms in total. The maximum atomic E-state index is 10.7. The number of aromatic amines is 1. The highest BCUT2D eigenvalue weighted by molar-refractivity contribution is 6.28. The van der Waals surface area contributed by atoms with Crippen LogP contribution < -0.4 is 0 Å². The number of H-pyrrole nitrogens is 1. The van der Waals surface area contributed by atoms with Gasteiger partial charge in [0.15, 0.2) is 5.82 Å². The van der Waals surface area contributed by atoms with Crippen LogP contribution in [0.4, 0.5) is 5.69 Å². The number of benzene rings is 1. The molecule has 0 spiro atoms. The van der Waals surface area contributed by atoms with Crippen LogP contribution in [0.2, 0.25) is 5.28 Å². The van der Waals surface area contributed by atoms with Crippen LogP contribution in [-0.4, -0.2) is 20.1 Å². The summed E-state index contributed by atoms with van der Waals surface area (Å²) in [7, 11) is 0. The van der Waals surface area contributed by atoms with Crippen LogP contribution in [0, 0.1) is 10.1 Å². The Morgan fingerprint density at radius 1 is 1.40 bits per heavy atom. The largest absolute Gasteiger partial charge is 0.280 e. The van der Waals surface area contributed by atoms with Crippen LogP contribution in [-0.2, 0) is 0 Å². The van der Waals surface area contributed by atoms with Crippen LogP contribution in [0.5, 0.6) is 0 Å². The molecule has 15 heavy (non-hydrogen) atoms. The van der Waals surface area contributed by atoms with Gasteiger partial charge in [-0.3, -0.25) is 10.1 Å². The molecule has 0 saturated heterocycles. The van der Waals surface area contributed by atoms with E-state index >= 15 is 0 Å². The normalized spacial score (nSPS) is 10.2. The molecule has 1 heterocycles. The van der Waals surface area contributed by atoms with Crippen LogP contribution in [0.25, 0.3) is 11.4 Å². The van der Waals surface area contributed by atoms with Gasteiger partial charge in [0.25, 0.3) is 5.69 Å². The van der Waals surface area contributed by atoms with Gasteiger partial charge in [-0.1, -0.05) is 12.1 Å². The average molecular weight is 225 g/mol. The Morgan fingerprint density at radius 2 is 2.13 bits per heavy atom. The number of rotatable bonds is 2. The van der Waals surface area contributed by atoms with Gasteiger partial charge in [0, 0.05) is 6.07 Å². The number of nitrogens with zero attached hydrogens (tertiary/aromatic N) is 3. The summed E-state index contributed by atoms with van der Waals surface area (Å²) in [5, 5.41) is 17.0. The molecule has 1 aromatic carbocycles. The number of nitro groups is 1. The van der Waals surface area contributed by atoms with Gasteiger partial charge >= 0.3 is 0 Å². The smallest absolute Gasteiger partial charge is 0.258 e. The van der Waals surface area contributed by atoms with E-state index in [2.05, 4.69) is 15.2 Å².